The lowest BCUT2D eigenvalue weighted by Gasteiger charge is -2.15. The monoisotopic (exact) mass is 418 g/mol. The van der Waals surface area contributed by atoms with Crippen LogP contribution < -0.4 is 16.0 Å². The number of aliphatic hydroxyl groups is 1. The molecule has 2 aromatic heterocycles. The number of rotatable bonds is 9. The summed E-state index contributed by atoms with van der Waals surface area (Å²) in [4.78, 5) is 31.2. The van der Waals surface area contributed by atoms with E-state index in [1.807, 2.05) is 30.3 Å². The Labute approximate surface area is 172 Å². The minimum absolute atomic E-state index is 0.0729. The molecule has 3 aromatic rings. The maximum absolute atomic E-state index is 12.5. The van der Waals surface area contributed by atoms with Gasteiger partial charge in [0.15, 0.2) is 16.3 Å². The number of H-pyrrole nitrogens is 1. The molecule has 3 rings (SSSR count). The summed E-state index contributed by atoms with van der Waals surface area (Å²) in [5.74, 6) is 2.02. The Hall–Kier alpha value is -2.52. The van der Waals surface area contributed by atoms with Gasteiger partial charge in [-0.1, -0.05) is 43.8 Å². The van der Waals surface area contributed by atoms with Gasteiger partial charge in [0.1, 0.15) is 18.5 Å². The van der Waals surface area contributed by atoms with E-state index < -0.39 is 17.4 Å². The molecule has 0 fully saturated rings. The van der Waals surface area contributed by atoms with Gasteiger partial charge in [-0.2, -0.15) is 0 Å². The molecule has 2 heterocycles. The zero-order valence-corrected chi connectivity index (χ0v) is 17.6. The third-order valence-corrected chi connectivity index (χ3v) is 5.49. The van der Waals surface area contributed by atoms with Gasteiger partial charge in [0.05, 0.1) is 6.54 Å². The van der Waals surface area contributed by atoms with Crippen molar-refractivity contribution in [2.45, 2.75) is 38.1 Å². The van der Waals surface area contributed by atoms with Crippen molar-refractivity contribution in [1.82, 2.24) is 19.1 Å². The molecule has 0 unspecified atom stereocenters. The summed E-state index contributed by atoms with van der Waals surface area (Å²) in [6.45, 7) is 4.49. The molecule has 29 heavy (non-hydrogen) atoms. The molecule has 0 saturated heterocycles. The number of nitrogens with one attached hydrogen (secondary N) is 1. The van der Waals surface area contributed by atoms with Crippen LogP contribution in [0.2, 0.25) is 0 Å². The average Bonchev–Trinajstić information content (AvgIpc) is 3.04. The van der Waals surface area contributed by atoms with Gasteiger partial charge < -0.3 is 14.4 Å². The average molecular weight is 419 g/mol. The van der Waals surface area contributed by atoms with Gasteiger partial charge in [-0.05, 0) is 24.5 Å². The van der Waals surface area contributed by atoms with Crippen LogP contribution in [0.1, 0.15) is 20.3 Å². The van der Waals surface area contributed by atoms with Crippen molar-refractivity contribution in [1.29, 1.82) is 0 Å². The third kappa shape index (κ3) is 5.10. The second-order valence-electron chi connectivity index (χ2n) is 7.30. The zero-order valence-electron chi connectivity index (χ0n) is 16.8. The number of hydrogen-bond acceptors (Lipinski definition) is 6. The number of aliphatic hydroxyl groups excluding tert-OH is 1. The fourth-order valence-corrected chi connectivity index (χ4v) is 4.10. The van der Waals surface area contributed by atoms with Crippen molar-refractivity contribution >= 4 is 22.9 Å². The molecule has 0 aliphatic carbocycles. The van der Waals surface area contributed by atoms with E-state index >= 15 is 0 Å². The molecule has 0 saturated carbocycles. The van der Waals surface area contributed by atoms with Crippen LogP contribution >= 0.6 is 11.8 Å². The molecule has 2 N–H and O–H groups in total. The van der Waals surface area contributed by atoms with E-state index in [9.17, 15) is 14.7 Å². The van der Waals surface area contributed by atoms with Gasteiger partial charge in [-0.15, -0.1) is 0 Å². The Kier molecular flexibility index (Phi) is 6.81. The molecule has 0 bridgehead atoms. The number of thioether (sulfide) groups is 1. The zero-order chi connectivity index (χ0) is 21.0. The first kappa shape index (κ1) is 21.2. The largest absolute Gasteiger partial charge is 0.491 e. The van der Waals surface area contributed by atoms with Crippen molar-refractivity contribution < 1.29 is 9.84 Å². The van der Waals surface area contributed by atoms with E-state index in [2.05, 4.69) is 23.8 Å². The van der Waals surface area contributed by atoms with Crippen LogP contribution in [-0.4, -0.2) is 42.7 Å². The number of ether oxygens (including phenoxy) is 1. The fraction of sp³-hybridized carbons (Fsp3) is 0.450. The topological polar surface area (TPSA) is 102 Å². The van der Waals surface area contributed by atoms with Crippen LogP contribution in [0, 0.1) is 5.92 Å². The highest BCUT2D eigenvalue weighted by atomic mass is 32.2. The summed E-state index contributed by atoms with van der Waals surface area (Å²) in [6.07, 6.45) is 0.136. The lowest BCUT2D eigenvalue weighted by Crippen LogP contribution is -2.30. The van der Waals surface area contributed by atoms with Gasteiger partial charge in [0.25, 0.3) is 5.56 Å². The van der Waals surface area contributed by atoms with Crippen LogP contribution in [0.3, 0.4) is 0 Å². The molecular formula is C20H26N4O4S. The Morgan fingerprint density at radius 3 is 2.66 bits per heavy atom. The number of imidazole rings is 1. The molecule has 0 spiro atoms. The molecular weight excluding hydrogens is 392 g/mol. The summed E-state index contributed by atoms with van der Waals surface area (Å²) in [7, 11) is 1.56. The Morgan fingerprint density at radius 1 is 1.24 bits per heavy atom. The standard InChI is InChI=1S/C20H26N4O4S/c1-13(2)9-10-29-20-21-17-16(18(26)22-19(27)23(17)3)24(20)11-14(25)12-28-15-7-5-4-6-8-15/h4-8,13-14,25H,9-12H2,1-3H3,(H,22,26,27)/t14-/m0/s1. The fourth-order valence-electron chi connectivity index (χ4n) is 2.85. The van der Waals surface area contributed by atoms with Crippen molar-refractivity contribution in [3.63, 3.8) is 0 Å². The van der Waals surface area contributed by atoms with Crippen LogP contribution in [-0.2, 0) is 13.6 Å². The Balaban J connectivity index is 1.87. The van der Waals surface area contributed by atoms with Crippen molar-refractivity contribution in [2.75, 3.05) is 12.4 Å². The molecule has 0 amide bonds. The van der Waals surface area contributed by atoms with Crippen molar-refractivity contribution in [3.8, 4) is 5.75 Å². The summed E-state index contributed by atoms with van der Waals surface area (Å²) in [5.41, 5.74) is -0.443. The second kappa shape index (κ2) is 9.32. The first-order chi connectivity index (χ1) is 13.9. The highest BCUT2D eigenvalue weighted by Crippen LogP contribution is 2.24. The number of nitrogens with zero attached hydrogens (tertiary/aromatic N) is 3. The minimum atomic E-state index is -0.853. The van der Waals surface area contributed by atoms with E-state index in [4.69, 9.17) is 4.74 Å². The molecule has 0 aliphatic rings. The van der Waals surface area contributed by atoms with Crippen LogP contribution in [0.25, 0.3) is 11.2 Å². The van der Waals surface area contributed by atoms with Crippen LogP contribution in [0.15, 0.2) is 45.1 Å². The van der Waals surface area contributed by atoms with Crippen molar-refractivity contribution in [2.24, 2.45) is 13.0 Å². The summed E-state index contributed by atoms with van der Waals surface area (Å²) in [6, 6.07) is 9.22. The van der Waals surface area contributed by atoms with Gasteiger partial charge in [-0.25, -0.2) is 9.78 Å². The van der Waals surface area contributed by atoms with Crippen LogP contribution in [0.4, 0.5) is 0 Å². The maximum Gasteiger partial charge on any atom is 0.329 e. The second-order valence-corrected chi connectivity index (χ2v) is 8.37. The van der Waals surface area contributed by atoms with E-state index in [-0.39, 0.29) is 18.7 Å². The van der Waals surface area contributed by atoms with Crippen LogP contribution in [0.5, 0.6) is 5.75 Å². The van der Waals surface area contributed by atoms with Gasteiger partial charge in [0.2, 0.25) is 0 Å². The number of aromatic nitrogens is 4. The number of aromatic amines is 1. The first-order valence-electron chi connectivity index (χ1n) is 9.55. The molecule has 9 heteroatoms. The summed E-state index contributed by atoms with van der Waals surface area (Å²) < 4.78 is 8.61. The molecule has 1 aromatic carbocycles. The number of para-hydroxylation sites is 1. The lowest BCUT2D eigenvalue weighted by molar-refractivity contribution is 0.0914. The third-order valence-electron chi connectivity index (χ3n) is 4.48. The van der Waals surface area contributed by atoms with E-state index in [1.165, 1.54) is 16.3 Å². The van der Waals surface area contributed by atoms with Gasteiger partial charge in [0, 0.05) is 12.8 Å². The van der Waals surface area contributed by atoms with E-state index in [1.54, 1.807) is 11.6 Å². The predicted molar refractivity (Wildman–Crippen MR) is 114 cm³/mol. The van der Waals surface area contributed by atoms with Crippen molar-refractivity contribution in [3.05, 3.63) is 51.2 Å². The first-order valence-corrected chi connectivity index (χ1v) is 10.5. The number of fused-ring (bicyclic) bond motifs is 1. The molecule has 1 atom stereocenters. The van der Waals surface area contributed by atoms with E-state index in [0.29, 0.717) is 22.5 Å². The van der Waals surface area contributed by atoms with Gasteiger partial charge >= 0.3 is 5.69 Å². The number of hydrogen-bond donors (Lipinski definition) is 2. The Bertz CT molecular complexity index is 1070. The molecule has 156 valence electrons. The predicted octanol–water partition coefficient (Wildman–Crippen LogP) is 2.00. The smallest absolute Gasteiger partial charge is 0.329 e. The summed E-state index contributed by atoms with van der Waals surface area (Å²) in [5, 5.41) is 11.1. The number of benzene rings is 1. The lowest BCUT2D eigenvalue weighted by atomic mass is 10.2. The van der Waals surface area contributed by atoms with E-state index in [0.717, 1.165) is 12.2 Å². The minimum Gasteiger partial charge on any atom is -0.491 e. The molecule has 0 radical (unpaired) electrons. The SMILES string of the molecule is CC(C)CCSc1nc2c(c(=O)[nH]c(=O)n2C)n1C[C@H](O)COc1ccccc1. The number of aryl methyl sites for hydroxylation is 1. The highest BCUT2D eigenvalue weighted by Gasteiger charge is 2.20. The Morgan fingerprint density at radius 2 is 1.97 bits per heavy atom. The van der Waals surface area contributed by atoms with Gasteiger partial charge in [-0.3, -0.25) is 14.3 Å². The highest BCUT2D eigenvalue weighted by molar-refractivity contribution is 7.99. The maximum atomic E-state index is 12.5. The normalized spacial score (nSPS) is 12.6. The molecule has 0 aliphatic heterocycles. The quantitative estimate of drug-likeness (QED) is 0.516. The molecule has 8 nitrogen and oxygen atoms in total. The summed E-state index contributed by atoms with van der Waals surface area (Å²) >= 11 is 1.51.